The number of carboxylic acid groups (broad SMARTS) is 1. The number of nitrogens with zero attached hydrogens (tertiary/aromatic N) is 1. The van der Waals surface area contributed by atoms with Crippen LogP contribution in [-0.4, -0.2) is 34.0 Å². The van der Waals surface area contributed by atoms with Crippen molar-refractivity contribution in [3.63, 3.8) is 0 Å². The van der Waals surface area contributed by atoms with Gasteiger partial charge in [0.05, 0.1) is 11.8 Å². The normalized spacial score (nSPS) is 30.0. The number of amides is 1. The molecule has 3 saturated carbocycles. The average Bonchev–Trinajstić information content (AvgIpc) is 2.63. The molecule has 0 radical (unpaired) electrons. The Bertz CT molecular complexity index is 420. The summed E-state index contributed by atoms with van der Waals surface area (Å²) < 4.78 is 0. The van der Waals surface area contributed by atoms with E-state index in [1.807, 2.05) is 0 Å². The maximum absolute atomic E-state index is 13.5. The van der Waals surface area contributed by atoms with Crippen LogP contribution in [0.1, 0.15) is 89.9 Å². The lowest BCUT2D eigenvalue weighted by Crippen LogP contribution is -2.53. The molecule has 0 unspecified atom stereocenters. The second-order valence-corrected chi connectivity index (χ2v) is 8.16. The van der Waals surface area contributed by atoms with Crippen LogP contribution in [0.4, 0.5) is 0 Å². The Labute approximate surface area is 146 Å². The van der Waals surface area contributed by atoms with Gasteiger partial charge in [0, 0.05) is 12.1 Å². The summed E-state index contributed by atoms with van der Waals surface area (Å²) in [5, 5.41) is 9.59. The number of hydrogen-bond acceptors (Lipinski definition) is 2. The summed E-state index contributed by atoms with van der Waals surface area (Å²) >= 11 is 0. The van der Waals surface area contributed by atoms with Crippen molar-refractivity contribution in [2.24, 2.45) is 11.8 Å². The number of rotatable bonds is 4. The molecule has 1 N–H and O–H groups in total. The van der Waals surface area contributed by atoms with E-state index in [9.17, 15) is 14.7 Å². The molecular weight excluding hydrogens is 302 g/mol. The summed E-state index contributed by atoms with van der Waals surface area (Å²) in [4.78, 5) is 27.4. The van der Waals surface area contributed by atoms with Crippen molar-refractivity contribution >= 4 is 11.9 Å². The zero-order valence-corrected chi connectivity index (χ0v) is 14.9. The molecule has 0 bridgehead atoms. The summed E-state index contributed by atoms with van der Waals surface area (Å²) in [6.07, 6.45) is 15.3. The molecule has 3 fully saturated rings. The fraction of sp³-hybridized carbons (Fsp3) is 0.900. The monoisotopic (exact) mass is 335 g/mol. The van der Waals surface area contributed by atoms with Crippen LogP contribution in [-0.2, 0) is 9.59 Å². The third kappa shape index (κ3) is 3.94. The van der Waals surface area contributed by atoms with Gasteiger partial charge in [0.1, 0.15) is 0 Å². The zero-order chi connectivity index (χ0) is 16.9. The Balaban J connectivity index is 1.79. The molecule has 0 heterocycles. The first-order valence-electron chi connectivity index (χ1n) is 10.2. The molecule has 0 aliphatic heterocycles. The van der Waals surface area contributed by atoms with E-state index in [2.05, 4.69) is 4.90 Å². The Kier molecular flexibility index (Phi) is 6.18. The van der Waals surface area contributed by atoms with E-state index in [0.717, 1.165) is 44.9 Å². The highest BCUT2D eigenvalue weighted by Gasteiger charge is 2.42. The van der Waals surface area contributed by atoms with Gasteiger partial charge in [-0.3, -0.25) is 9.59 Å². The standard InChI is InChI=1S/C20H33NO3/c22-19(17-13-7-8-14-18(17)20(23)24)21(15-9-3-1-4-10-15)16-11-5-2-6-12-16/h15-18H,1-14H2,(H,23,24)/t17-,18-/m1/s1. The first-order valence-corrected chi connectivity index (χ1v) is 10.2. The smallest absolute Gasteiger partial charge is 0.307 e. The van der Waals surface area contributed by atoms with Crippen molar-refractivity contribution in [3.8, 4) is 0 Å². The lowest BCUT2D eigenvalue weighted by molar-refractivity contribution is -0.155. The van der Waals surface area contributed by atoms with Gasteiger partial charge < -0.3 is 10.0 Å². The fourth-order valence-electron chi connectivity index (χ4n) is 5.29. The molecule has 2 atom stereocenters. The van der Waals surface area contributed by atoms with Crippen molar-refractivity contribution in [3.05, 3.63) is 0 Å². The third-order valence-electron chi connectivity index (χ3n) is 6.59. The van der Waals surface area contributed by atoms with Crippen LogP contribution in [0.15, 0.2) is 0 Å². The van der Waals surface area contributed by atoms with Crippen LogP contribution >= 0.6 is 0 Å². The molecule has 0 aromatic rings. The molecule has 0 aromatic heterocycles. The second kappa shape index (κ2) is 8.35. The van der Waals surface area contributed by atoms with Gasteiger partial charge in [-0.1, -0.05) is 51.4 Å². The van der Waals surface area contributed by atoms with E-state index in [0.29, 0.717) is 18.5 Å². The van der Waals surface area contributed by atoms with Crippen molar-refractivity contribution in [1.29, 1.82) is 0 Å². The largest absolute Gasteiger partial charge is 0.481 e. The van der Waals surface area contributed by atoms with Gasteiger partial charge in [-0.15, -0.1) is 0 Å². The molecule has 4 heteroatoms. The zero-order valence-electron chi connectivity index (χ0n) is 14.9. The van der Waals surface area contributed by atoms with E-state index in [1.165, 1.54) is 38.5 Å². The number of carbonyl (C=O) groups is 2. The topological polar surface area (TPSA) is 57.6 Å². The molecule has 136 valence electrons. The van der Waals surface area contributed by atoms with Crippen LogP contribution in [0.25, 0.3) is 0 Å². The van der Waals surface area contributed by atoms with Crippen LogP contribution in [0.2, 0.25) is 0 Å². The third-order valence-corrected chi connectivity index (χ3v) is 6.59. The van der Waals surface area contributed by atoms with E-state index >= 15 is 0 Å². The molecule has 3 rings (SSSR count). The molecule has 0 spiro atoms. The number of hydrogen-bond donors (Lipinski definition) is 1. The molecule has 0 aromatic carbocycles. The van der Waals surface area contributed by atoms with Gasteiger partial charge in [-0.05, 0) is 38.5 Å². The van der Waals surface area contributed by atoms with Gasteiger partial charge in [-0.25, -0.2) is 0 Å². The average molecular weight is 335 g/mol. The summed E-state index contributed by atoms with van der Waals surface area (Å²) in [7, 11) is 0. The van der Waals surface area contributed by atoms with E-state index < -0.39 is 11.9 Å². The molecule has 4 nitrogen and oxygen atoms in total. The molecule has 3 aliphatic rings. The van der Waals surface area contributed by atoms with Gasteiger partial charge in [0.25, 0.3) is 0 Å². The molecule has 24 heavy (non-hydrogen) atoms. The Hall–Kier alpha value is -1.06. The first kappa shape index (κ1) is 17.8. The van der Waals surface area contributed by atoms with Crippen molar-refractivity contribution in [1.82, 2.24) is 4.90 Å². The minimum atomic E-state index is -0.764. The fourth-order valence-corrected chi connectivity index (χ4v) is 5.29. The maximum Gasteiger partial charge on any atom is 0.307 e. The molecule has 3 aliphatic carbocycles. The van der Waals surface area contributed by atoms with Crippen molar-refractivity contribution in [2.75, 3.05) is 0 Å². The van der Waals surface area contributed by atoms with Gasteiger partial charge in [0.15, 0.2) is 0 Å². The maximum atomic E-state index is 13.5. The predicted octanol–water partition coefficient (Wildman–Crippen LogP) is 4.37. The minimum absolute atomic E-state index is 0.181. The first-order chi connectivity index (χ1) is 11.7. The lowest BCUT2D eigenvalue weighted by atomic mass is 9.77. The van der Waals surface area contributed by atoms with E-state index in [4.69, 9.17) is 0 Å². The van der Waals surface area contributed by atoms with Crippen LogP contribution < -0.4 is 0 Å². The lowest BCUT2D eigenvalue weighted by Gasteiger charge is -2.44. The highest BCUT2D eigenvalue weighted by atomic mass is 16.4. The summed E-state index contributed by atoms with van der Waals surface area (Å²) in [6.45, 7) is 0. The van der Waals surface area contributed by atoms with E-state index in [1.54, 1.807) is 0 Å². The summed E-state index contributed by atoms with van der Waals surface area (Å²) in [5.41, 5.74) is 0. The molecule has 0 saturated heterocycles. The Morgan fingerprint density at radius 1 is 0.625 bits per heavy atom. The van der Waals surface area contributed by atoms with Gasteiger partial charge in [0.2, 0.25) is 5.91 Å². The quantitative estimate of drug-likeness (QED) is 0.830. The van der Waals surface area contributed by atoms with Crippen molar-refractivity contribution < 1.29 is 14.7 Å². The van der Waals surface area contributed by atoms with Crippen LogP contribution in [0, 0.1) is 11.8 Å². The summed E-state index contributed by atoms with van der Waals surface area (Å²) in [6, 6.07) is 0.733. The van der Waals surface area contributed by atoms with Crippen molar-refractivity contribution in [2.45, 2.75) is 102 Å². The predicted molar refractivity (Wildman–Crippen MR) is 93.7 cm³/mol. The SMILES string of the molecule is O=C(O)[C@@H]1CCCC[C@H]1C(=O)N(C1CCCCC1)C1CCCCC1. The minimum Gasteiger partial charge on any atom is -0.481 e. The highest BCUT2D eigenvalue weighted by Crippen LogP contribution is 2.36. The summed E-state index contributed by atoms with van der Waals surface area (Å²) in [5.74, 6) is -1.32. The number of carboxylic acids is 1. The van der Waals surface area contributed by atoms with Gasteiger partial charge >= 0.3 is 5.97 Å². The van der Waals surface area contributed by atoms with Crippen LogP contribution in [0.5, 0.6) is 0 Å². The Morgan fingerprint density at radius 2 is 1.04 bits per heavy atom. The second-order valence-electron chi connectivity index (χ2n) is 8.16. The number of aliphatic carboxylic acids is 1. The van der Waals surface area contributed by atoms with Crippen LogP contribution in [0.3, 0.4) is 0 Å². The molecule has 1 amide bonds. The highest BCUT2D eigenvalue weighted by molar-refractivity contribution is 5.85. The molecular formula is C20H33NO3. The van der Waals surface area contributed by atoms with E-state index in [-0.39, 0.29) is 11.8 Å². The van der Waals surface area contributed by atoms with Gasteiger partial charge in [-0.2, -0.15) is 0 Å². The number of carbonyl (C=O) groups excluding carboxylic acids is 1. The Morgan fingerprint density at radius 3 is 1.50 bits per heavy atom.